The van der Waals surface area contributed by atoms with Crippen LogP contribution in [0.4, 0.5) is 5.69 Å². The van der Waals surface area contributed by atoms with E-state index in [2.05, 4.69) is 37.7 Å². The molecule has 0 saturated carbocycles. The molecule has 2 heterocycles. The van der Waals surface area contributed by atoms with E-state index in [9.17, 15) is 5.11 Å². The number of halogens is 1. The molecule has 3 aromatic rings. The Morgan fingerprint density at radius 3 is 2.83 bits per heavy atom. The summed E-state index contributed by atoms with van der Waals surface area (Å²) in [4.78, 5) is 12.7. The maximum Gasteiger partial charge on any atom is 0.199 e. The largest absolute Gasteiger partial charge is 0.494 e. The Kier molecular flexibility index (Phi) is 3.33. The lowest BCUT2D eigenvalue weighted by molar-refractivity contribution is 0.214. The zero-order valence-electron chi connectivity index (χ0n) is 12.2. The van der Waals surface area contributed by atoms with Crippen LogP contribution in [0.25, 0.3) is 10.9 Å². The van der Waals surface area contributed by atoms with E-state index in [-0.39, 0.29) is 5.88 Å². The molecule has 114 valence electrons. The quantitative estimate of drug-likeness (QED) is 0.490. The van der Waals surface area contributed by atoms with Gasteiger partial charge in [0.1, 0.15) is 18.5 Å². The van der Waals surface area contributed by atoms with Crippen LogP contribution in [0.2, 0.25) is 0 Å². The Labute approximate surface area is 145 Å². The number of hydrogen-bond donors (Lipinski definition) is 2. The van der Waals surface area contributed by atoms with Crippen molar-refractivity contribution in [1.29, 1.82) is 0 Å². The Hall–Kier alpha value is -2.35. The highest BCUT2D eigenvalue weighted by Gasteiger charge is 2.29. The summed E-state index contributed by atoms with van der Waals surface area (Å²) in [7, 11) is 1.50. The minimum absolute atomic E-state index is 0.0828. The highest BCUT2D eigenvalue weighted by Crippen LogP contribution is 2.36. The van der Waals surface area contributed by atoms with Crippen molar-refractivity contribution in [2.24, 2.45) is 10.1 Å². The smallest absolute Gasteiger partial charge is 0.199 e. The van der Waals surface area contributed by atoms with Crippen molar-refractivity contribution in [2.75, 3.05) is 7.11 Å². The number of hydrogen-bond acceptors (Lipinski definition) is 4. The summed E-state index contributed by atoms with van der Waals surface area (Å²) >= 11 is 2.24. The van der Waals surface area contributed by atoms with E-state index < -0.39 is 0 Å². The van der Waals surface area contributed by atoms with E-state index in [1.54, 1.807) is 0 Å². The van der Waals surface area contributed by atoms with Crippen LogP contribution in [-0.2, 0) is 4.84 Å². The summed E-state index contributed by atoms with van der Waals surface area (Å²) < 4.78 is 1.03. The van der Waals surface area contributed by atoms with Crippen LogP contribution in [0.15, 0.2) is 52.6 Å². The lowest BCUT2D eigenvalue weighted by Gasteiger charge is -2.03. The first kappa shape index (κ1) is 14.3. The third-order valence-electron chi connectivity index (χ3n) is 3.80. The first-order valence-electron chi connectivity index (χ1n) is 7.00. The standard InChI is InChI=1S/C17H12IN3O2/c1-23-21-15-9-5-2-3-8-12(9)19-16(15)13-10-6-4-7-11(18)14(10)20-17(13)22/h2-8,20,22H,1H3/b21-15-. The van der Waals surface area contributed by atoms with Gasteiger partial charge in [0, 0.05) is 14.5 Å². The van der Waals surface area contributed by atoms with Gasteiger partial charge in [-0.05, 0) is 34.7 Å². The van der Waals surface area contributed by atoms with Crippen LogP contribution in [0.1, 0.15) is 11.1 Å². The lowest BCUT2D eigenvalue weighted by Crippen LogP contribution is -2.13. The fraction of sp³-hybridized carbons (Fsp3) is 0.0588. The number of aromatic hydroxyl groups is 1. The maximum atomic E-state index is 10.4. The van der Waals surface area contributed by atoms with Crippen LogP contribution in [0.3, 0.4) is 0 Å². The monoisotopic (exact) mass is 417 g/mol. The summed E-state index contributed by atoms with van der Waals surface area (Å²) in [6.07, 6.45) is 0. The second-order valence-corrected chi connectivity index (χ2v) is 6.27. The number of fused-ring (bicyclic) bond motifs is 2. The molecule has 0 unspecified atom stereocenters. The Morgan fingerprint density at radius 2 is 2.00 bits per heavy atom. The molecular weight excluding hydrogens is 405 g/mol. The van der Waals surface area contributed by atoms with Gasteiger partial charge in [-0.2, -0.15) is 0 Å². The average molecular weight is 417 g/mol. The number of nitrogens with one attached hydrogen (secondary N) is 1. The summed E-state index contributed by atoms with van der Waals surface area (Å²) in [6.45, 7) is 0. The van der Waals surface area contributed by atoms with Crippen LogP contribution in [-0.4, -0.2) is 28.6 Å². The van der Waals surface area contributed by atoms with Gasteiger partial charge in [-0.3, -0.25) is 0 Å². The van der Waals surface area contributed by atoms with E-state index >= 15 is 0 Å². The van der Waals surface area contributed by atoms with Crippen LogP contribution >= 0.6 is 22.6 Å². The van der Waals surface area contributed by atoms with Crippen molar-refractivity contribution in [3.63, 3.8) is 0 Å². The first-order chi connectivity index (χ1) is 11.2. The van der Waals surface area contributed by atoms with Gasteiger partial charge in [0.15, 0.2) is 5.88 Å². The summed E-state index contributed by atoms with van der Waals surface area (Å²) in [6, 6.07) is 13.6. The van der Waals surface area contributed by atoms with Gasteiger partial charge < -0.3 is 14.9 Å². The molecule has 23 heavy (non-hydrogen) atoms. The summed E-state index contributed by atoms with van der Waals surface area (Å²) in [5.74, 6) is 0.0828. The zero-order valence-corrected chi connectivity index (χ0v) is 14.3. The molecule has 2 N–H and O–H groups in total. The van der Waals surface area contributed by atoms with Crippen LogP contribution in [0, 0.1) is 3.57 Å². The topological polar surface area (TPSA) is 70.0 Å². The SMILES string of the molecule is CO/N=C1\C(c2c(O)[nH]c3c(I)cccc23)=Nc2ccccc21. The minimum atomic E-state index is 0.0828. The molecule has 1 aliphatic heterocycles. The number of aromatic nitrogens is 1. The van der Waals surface area contributed by atoms with Crippen molar-refractivity contribution in [3.8, 4) is 5.88 Å². The van der Waals surface area contributed by atoms with Crippen molar-refractivity contribution in [2.45, 2.75) is 0 Å². The number of aliphatic imine (C=N–C) groups is 1. The Balaban J connectivity index is 2.00. The number of benzene rings is 2. The van der Waals surface area contributed by atoms with Crippen molar-refractivity contribution in [1.82, 2.24) is 4.98 Å². The number of nitrogens with zero attached hydrogens (tertiary/aromatic N) is 2. The molecule has 0 spiro atoms. The maximum absolute atomic E-state index is 10.4. The normalized spacial score (nSPS) is 15.0. The number of aromatic amines is 1. The van der Waals surface area contributed by atoms with Crippen molar-refractivity contribution >= 4 is 50.6 Å². The van der Waals surface area contributed by atoms with Gasteiger partial charge >= 0.3 is 0 Å². The van der Waals surface area contributed by atoms with Crippen LogP contribution in [0.5, 0.6) is 5.88 Å². The molecule has 0 fully saturated rings. The van der Waals surface area contributed by atoms with E-state index in [0.29, 0.717) is 17.0 Å². The molecule has 6 heteroatoms. The molecule has 2 aromatic carbocycles. The second-order valence-electron chi connectivity index (χ2n) is 5.11. The minimum Gasteiger partial charge on any atom is -0.494 e. The predicted octanol–water partition coefficient (Wildman–Crippen LogP) is 3.96. The lowest BCUT2D eigenvalue weighted by atomic mass is 10.0. The third kappa shape index (κ3) is 2.13. The molecule has 1 aliphatic rings. The van der Waals surface area contributed by atoms with Gasteiger partial charge in [-0.1, -0.05) is 35.5 Å². The number of oxime groups is 1. The highest BCUT2D eigenvalue weighted by molar-refractivity contribution is 14.1. The molecule has 1 aromatic heterocycles. The van der Waals surface area contributed by atoms with Crippen molar-refractivity contribution < 1.29 is 9.94 Å². The van der Waals surface area contributed by atoms with Gasteiger partial charge in [-0.15, -0.1) is 0 Å². The average Bonchev–Trinajstić information content (AvgIpc) is 3.06. The molecular formula is C17H12IN3O2. The van der Waals surface area contributed by atoms with Gasteiger partial charge in [0.2, 0.25) is 0 Å². The number of H-pyrrole nitrogens is 1. The first-order valence-corrected chi connectivity index (χ1v) is 8.07. The Morgan fingerprint density at radius 1 is 1.17 bits per heavy atom. The number of rotatable bonds is 2. The molecule has 0 atom stereocenters. The van der Waals surface area contributed by atoms with Crippen molar-refractivity contribution in [3.05, 3.63) is 57.2 Å². The number of para-hydroxylation sites is 2. The second kappa shape index (κ2) is 5.38. The van der Waals surface area contributed by atoms with Gasteiger partial charge in [0.05, 0.1) is 16.8 Å². The molecule has 4 rings (SSSR count). The molecule has 0 saturated heterocycles. The molecule has 5 nitrogen and oxygen atoms in total. The van der Waals surface area contributed by atoms with Gasteiger partial charge in [-0.25, -0.2) is 4.99 Å². The van der Waals surface area contributed by atoms with E-state index in [4.69, 9.17) is 4.84 Å². The van der Waals surface area contributed by atoms with E-state index in [1.165, 1.54) is 7.11 Å². The molecule has 0 amide bonds. The summed E-state index contributed by atoms with van der Waals surface area (Å²) in [5, 5.41) is 15.5. The molecule has 0 aliphatic carbocycles. The molecule has 0 radical (unpaired) electrons. The fourth-order valence-electron chi connectivity index (χ4n) is 2.84. The fourth-order valence-corrected chi connectivity index (χ4v) is 3.47. The predicted molar refractivity (Wildman–Crippen MR) is 98.9 cm³/mol. The van der Waals surface area contributed by atoms with E-state index in [0.717, 1.165) is 25.7 Å². The zero-order chi connectivity index (χ0) is 16.0. The molecule has 0 bridgehead atoms. The highest BCUT2D eigenvalue weighted by atomic mass is 127. The van der Waals surface area contributed by atoms with Gasteiger partial charge in [0.25, 0.3) is 0 Å². The summed E-state index contributed by atoms with van der Waals surface area (Å²) in [5.41, 5.74) is 4.47. The third-order valence-corrected chi connectivity index (χ3v) is 4.70. The van der Waals surface area contributed by atoms with Crippen LogP contribution < -0.4 is 0 Å². The van der Waals surface area contributed by atoms with E-state index in [1.807, 2.05) is 42.5 Å². The Bertz CT molecular complexity index is 989.